The maximum atomic E-state index is 12.6. The smallest absolute Gasteiger partial charge is 0.396 e. The van der Waals surface area contributed by atoms with Gasteiger partial charge in [0.15, 0.2) is 0 Å². The maximum absolute atomic E-state index is 12.6. The number of hydrogen-bond acceptors (Lipinski definition) is 3. The highest BCUT2D eigenvalue weighted by molar-refractivity contribution is 5.58. The van der Waals surface area contributed by atoms with Gasteiger partial charge in [0.1, 0.15) is 5.82 Å². The van der Waals surface area contributed by atoms with Crippen LogP contribution in [0.25, 0.3) is 0 Å². The first-order chi connectivity index (χ1) is 8.86. The maximum Gasteiger partial charge on any atom is 0.416 e. The summed E-state index contributed by atoms with van der Waals surface area (Å²) < 4.78 is 37.7. The molecule has 6 heteroatoms. The lowest BCUT2D eigenvalue weighted by Crippen LogP contribution is -2.06. The molecule has 0 aliphatic heterocycles. The molecule has 1 aromatic carbocycles. The van der Waals surface area contributed by atoms with E-state index in [4.69, 9.17) is 11.5 Å². The van der Waals surface area contributed by atoms with Crippen molar-refractivity contribution in [2.24, 2.45) is 0 Å². The third-order valence-electron chi connectivity index (χ3n) is 2.65. The van der Waals surface area contributed by atoms with Crippen molar-refractivity contribution in [1.29, 1.82) is 0 Å². The van der Waals surface area contributed by atoms with Gasteiger partial charge in [0, 0.05) is 12.1 Å². The van der Waals surface area contributed by atoms with Gasteiger partial charge in [-0.15, -0.1) is 0 Å². The first-order valence-corrected chi connectivity index (χ1v) is 5.53. The minimum atomic E-state index is -4.34. The molecule has 0 aliphatic rings. The molecular weight excluding hydrogens is 255 g/mol. The summed E-state index contributed by atoms with van der Waals surface area (Å²) in [4.78, 5) is 4.03. The summed E-state index contributed by atoms with van der Waals surface area (Å²) in [7, 11) is 0. The Balaban J connectivity index is 2.26. The third kappa shape index (κ3) is 3.15. The number of anilines is 2. The van der Waals surface area contributed by atoms with Crippen molar-refractivity contribution in [1.82, 2.24) is 4.98 Å². The van der Waals surface area contributed by atoms with Gasteiger partial charge >= 0.3 is 6.18 Å². The summed E-state index contributed by atoms with van der Waals surface area (Å²) in [6.45, 7) is 0. The molecular formula is C13H12F3N3. The zero-order chi connectivity index (χ0) is 14.0. The van der Waals surface area contributed by atoms with E-state index in [1.54, 1.807) is 18.2 Å². The first-order valence-electron chi connectivity index (χ1n) is 5.53. The largest absolute Gasteiger partial charge is 0.416 e. The van der Waals surface area contributed by atoms with E-state index in [1.165, 1.54) is 6.07 Å². The number of rotatable bonds is 2. The number of pyridine rings is 1. The van der Waals surface area contributed by atoms with E-state index in [0.29, 0.717) is 16.9 Å². The lowest BCUT2D eigenvalue weighted by atomic mass is 10.1. The van der Waals surface area contributed by atoms with Gasteiger partial charge in [0.05, 0.1) is 11.3 Å². The van der Waals surface area contributed by atoms with E-state index >= 15 is 0 Å². The molecule has 0 unspecified atom stereocenters. The quantitative estimate of drug-likeness (QED) is 0.879. The number of aromatic nitrogens is 1. The molecule has 0 spiro atoms. The van der Waals surface area contributed by atoms with Crippen molar-refractivity contribution >= 4 is 11.5 Å². The molecule has 4 N–H and O–H groups in total. The summed E-state index contributed by atoms with van der Waals surface area (Å²) in [5, 5.41) is 0. The van der Waals surface area contributed by atoms with Crippen LogP contribution in [0.2, 0.25) is 0 Å². The lowest BCUT2D eigenvalue weighted by molar-refractivity contribution is -0.137. The highest BCUT2D eigenvalue weighted by Gasteiger charge is 2.30. The van der Waals surface area contributed by atoms with Crippen LogP contribution in [0.5, 0.6) is 0 Å². The summed E-state index contributed by atoms with van der Waals surface area (Å²) in [6, 6.07) is 8.36. The molecule has 0 bridgehead atoms. The van der Waals surface area contributed by atoms with Crippen LogP contribution >= 0.6 is 0 Å². The number of alkyl halides is 3. The summed E-state index contributed by atoms with van der Waals surface area (Å²) in [5.74, 6) is 0.185. The molecule has 0 fully saturated rings. The Morgan fingerprint density at radius 3 is 2.42 bits per heavy atom. The fraction of sp³-hybridized carbons (Fsp3) is 0.154. The highest BCUT2D eigenvalue weighted by Crippen LogP contribution is 2.30. The third-order valence-corrected chi connectivity index (χ3v) is 2.65. The molecule has 0 atom stereocenters. The van der Waals surface area contributed by atoms with Crippen LogP contribution in [0.4, 0.5) is 24.7 Å². The number of nitrogen functional groups attached to an aromatic ring is 2. The lowest BCUT2D eigenvalue weighted by Gasteiger charge is -2.09. The van der Waals surface area contributed by atoms with E-state index in [0.717, 1.165) is 12.1 Å². The molecule has 0 aliphatic carbocycles. The predicted octanol–water partition coefficient (Wildman–Crippen LogP) is 2.86. The second-order valence-electron chi connectivity index (χ2n) is 4.15. The fourth-order valence-electron chi connectivity index (χ4n) is 1.69. The van der Waals surface area contributed by atoms with Gasteiger partial charge in [-0.2, -0.15) is 13.2 Å². The second kappa shape index (κ2) is 4.79. The average Bonchev–Trinajstić information content (AvgIpc) is 2.33. The van der Waals surface area contributed by atoms with E-state index in [-0.39, 0.29) is 12.2 Å². The Kier molecular flexibility index (Phi) is 3.33. The molecule has 0 saturated carbocycles. The zero-order valence-corrected chi connectivity index (χ0v) is 9.91. The normalized spacial score (nSPS) is 11.5. The van der Waals surface area contributed by atoms with Crippen molar-refractivity contribution in [3.05, 3.63) is 53.2 Å². The van der Waals surface area contributed by atoms with Crippen LogP contribution < -0.4 is 11.5 Å². The zero-order valence-electron chi connectivity index (χ0n) is 9.91. The number of hydrogen-bond donors (Lipinski definition) is 2. The Morgan fingerprint density at radius 2 is 1.79 bits per heavy atom. The van der Waals surface area contributed by atoms with Gasteiger partial charge in [-0.1, -0.05) is 18.2 Å². The number of nitrogens with zero attached hydrogens (tertiary/aromatic N) is 1. The molecule has 1 aromatic heterocycles. The standard InChI is InChI=1S/C13H12F3N3/c14-13(15,16)9-3-1-2-8(6-9)7-10-4-5-11(17)12(18)19-10/h1-6H,7,17H2,(H2,18,19). The molecule has 0 saturated heterocycles. The second-order valence-corrected chi connectivity index (χ2v) is 4.15. The SMILES string of the molecule is Nc1ccc(Cc2cccc(C(F)(F)F)c2)nc1N. The molecule has 0 amide bonds. The van der Waals surface area contributed by atoms with Gasteiger partial charge < -0.3 is 11.5 Å². The van der Waals surface area contributed by atoms with Crippen molar-refractivity contribution in [2.45, 2.75) is 12.6 Å². The van der Waals surface area contributed by atoms with Gasteiger partial charge in [0.25, 0.3) is 0 Å². The van der Waals surface area contributed by atoms with Crippen molar-refractivity contribution in [2.75, 3.05) is 11.5 Å². The van der Waals surface area contributed by atoms with E-state index in [9.17, 15) is 13.2 Å². The molecule has 19 heavy (non-hydrogen) atoms. The number of benzene rings is 1. The van der Waals surface area contributed by atoms with Gasteiger partial charge in [-0.25, -0.2) is 4.98 Å². The van der Waals surface area contributed by atoms with Crippen molar-refractivity contribution < 1.29 is 13.2 Å². The van der Waals surface area contributed by atoms with E-state index in [2.05, 4.69) is 4.98 Å². The average molecular weight is 267 g/mol. The molecule has 1 heterocycles. The molecule has 0 radical (unpaired) electrons. The van der Waals surface area contributed by atoms with Crippen molar-refractivity contribution in [3.63, 3.8) is 0 Å². The number of halogens is 3. The van der Waals surface area contributed by atoms with Crippen LogP contribution in [0, 0.1) is 0 Å². The molecule has 100 valence electrons. The monoisotopic (exact) mass is 267 g/mol. The number of nitrogens with two attached hydrogens (primary N) is 2. The minimum absolute atomic E-state index is 0.185. The van der Waals surface area contributed by atoms with Gasteiger partial charge in [0.2, 0.25) is 0 Å². The first kappa shape index (κ1) is 13.2. The van der Waals surface area contributed by atoms with Gasteiger partial charge in [-0.05, 0) is 23.8 Å². The molecule has 3 nitrogen and oxygen atoms in total. The Labute approximate surface area is 108 Å². The molecule has 2 aromatic rings. The van der Waals surface area contributed by atoms with E-state index in [1.807, 2.05) is 0 Å². The van der Waals surface area contributed by atoms with Crippen LogP contribution in [0.1, 0.15) is 16.8 Å². The van der Waals surface area contributed by atoms with Gasteiger partial charge in [-0.3, -0.25) is 0 Å². The van der Waals surface area contributed by atoms with Crippen LogP contribution in [0.3, 0.4) is 0 Å². The topological polar surface area (TPSA) is 64.9 Å². The van der Waals surface area contributed by atoms with Crippen LogP contribution in [-0.4, -0.2) is 4.98 Å². The summed E-state index contributed by atoms with van der Waals surface area (Å²) in [5.41, 5.74) is 11.9. The Hall–Kier alpha value is -2.24. The van der Waals surface area contributed by atoms with Crippen LogP contribution in [-0.2, 0) is 12.6 Å². The highest BCUT2D eigenvalue weighted by atomic mass is 19.4. The Bertz CT molecular complexity index is 594. The summed E-state index contributed by atoms with van der Waals surface area (Å²) in [6.07, 6.45) is -4.07. The van der Waals surface area contributed by atoms with Crippen molar-refractivity contribution in [3.8, 4) is 0 Å². The minimum Gasteiger partial charge on any atom is -0.396 e. The summed E-state index contributed by atoms with van der Waals surface area (Å²) >= 11 is 0. The Morgan fingerprint density at radius 1 is 1.05 bits per heavy atom. The van der Waals surface area contributed by atoms with Crippen LogP contribution in [0.15, 0.2) is 36.4 Å². The predicted molar refractivity (Wildman–Crippen MR) is 67.3 cm³/mol. The van der Waals surface area contributed by atoms with E-state index < -0.39 is 11.7 Å². The molecule has 2 rings (SSSR count). The fourth-order valence-corrected chi connectivity index (χ4v) is 1.69.